The van der Waals surface area contributed by atoms with Gasteiger partial charge >= 0.3 is 6.18 Å². The third-order valence-corrected chi connectivity index (χ3v) is 5.91. The number of benzene rings is 2. The highest BCUT2D eigenvalue weighted by Gasteiger charge is 2.33. The van der Waals surface area contributed by atoms with Crippen LogP contribution < -0.4 is 14.4 Å². The van der Waals surface area contributed by atoms with Crippen molar-refractivity contribution in [1.29, 1.82) is 5.26 Å². The normalized spacial score (nSPS) is 11.0. The first kappa shape index (κ1) is 27.4. The van der Waals surface area contributed by atoms with Gasteiger partial charge in [-0.25, -0.2) is 4.98 Å². The lowest BCUT2D eigenvalue weighted by atomic mass is 9.99. The number of nitriles is 1. The van der Waals surface area contributed by atoms with Crippen LogP contribution in [-0.2, 0) is 6.18 Å². The molecule has 0 aliphatic rings. The van der Waals surface area contributed by atoms with Crippen LogP contribution in [0.4, 0.5) is 18.9 Å². The number of anilines is 1. The van der Waals surface area contributed by atoms with Gasteiger partial charge in [0.15, 0.2) is 0 Å². The number of para-hydroxylation sites is 2. The predicted octanol–water partition coefficient (Wildman–Crippen LogP) is 6.42. The van der Waals surface area contributed by atoms with Gasteiger partial charge in [0.2, 0.25) is 5.88 Å². The summed E-state index contributed by atoms with van der Waals surface area (Å²) in [5, 5.41) is 9.61. The molecule has 0 radical (unpaired) electrons. The van der Waals surface area contributed by atoms with Crippen molar-refractivity contribution in [3.8, 4) is 28.8 Å². The molecule has 0 saturated carbocycles. The fourth-order valence-corrected chi connectivity index (χ4v) is 3.89. The number of amides is 1. The largest absolute Gasteiger partial charge is 0.488 e. The van der Waals surface area contributed by atoms with Crippen molar-refractivity contribution in [3.63, 3.8) is 0 Å². The van der Waals surface area contributed by atoms with Gasteiger partial charge in [-0.1, -0.05) is 29.8 Å². The van der Waals surface area contributed by atoms with Crippen LogP contribution in [0.5, 0.6) is 11.6 Å². The van der Waals surface area contributed by atoms with Crippen molar-refractivity contribution in [2.24, 2.45) is 0 Å². The summed E-state index contributed by atoms with van der Waals surface area (Å²) < 4.78 is 50.6. The summed E-state index contributed by atoms with van der Waals surface area (Å²) in [4.78, 5) is 22.3. The quantitative estimate of drug-likeness (QED) is 0.234. The minimum atomic E-state index is -4.71. The molecular weight excluding hydrogens is 533 g/mol. The summed E-state index contributed by atoms with van der Waals surface area (Å²) in [6.45, 7) is 0.421. The van der Waals surface area contributed by atoms with Crippen LogP contribution in [0.3, 0.4) is 0 Å². The fourth-order valence-electron chi connectivity index (χ4n) is 3.67. The number of aromatic nitrogens is 2. The number of hydrogen-bond acceptors (Lipinski definition) is 6. The van der Waals surface area contributed by atoms with Gasteiger partial charge in [0.25, 0.3) is 5.91 Å². The van der Waals surface area contributed by atoms with Crippen molar-refractivity contribution in [2.75, 3.05) is 25.2 Å². The number of rotatable bonds is 8. The number of carbonyl (C=O) groups is 1. The summed E-state index contributed by atoms with van der Waals surface area (Å²) >= 11 is 6.31. The van der Waals surface area contributed by atoms with Gasteiger partial charge in [-0.3, -0.25) is 9.78 Å². The van der Waals surface area contributed by atoms with Crippen LogP contribution in [0.1, 0.15) is 21.6 Å². The molecule has 2 aromatic heterocycles. The monoisotopic (exact) mass is 552 g/mol. The van der Waals surface area contributed by atoms with Crippen LogP contribution in [0.2, 0.25) is 5.02 Å². The summed E-state index contributed by atoms with van der Waals surface area (Å²) in [6, 6.07) is 19.0. The highest BCUT2D eigenvalue weighted by molar-refractivity contribution is 6.33. The number of ether oxygens (including phenoxy) is 2. The van der Waals surface area contributed by atoms with Crippen molar-refractivity contribution in [2.45, 2.75) is 6.18 Å². The molecule has 0 aliphatic heterocycles. The molecule has 7 nitrogen and oxygen atoms in total. The highest BCUT2D eigenvalue weighted by atomic mass is 35.5. The number of hydrogen-bond donors (Lipinski definition) is 0. The van der Waals surface area contributed by atoms with Gasteiger partial charge in [0, 0.05) is 47.2 Å². The van der Waals surface area contributed by atoms with E-state index in [1.807, 2.05) is 0 Å². The number of alkyl halides is 3. The average molecular weight is 553 g/mol. The minimum Gasteiger partial charge on any atom is -0.488 e. The standard InChI is InChI=1S/C28H20ClF3N4O3/c1-36(23-6-2-3-7-24(23)38-12-13-39-26-8-4-5-11-34-26)27(37)18-9-10-22(29)20(14-18)21-17-35-25(28(30,31)32)15-19(21)16-33/h2-11,14-15,17H,12-13H2,1H3. The third-order valence-electron chi connectivity index (χ3n) is 5.58. The Labute approximate surface area is 227 Å². The van der Waals surface area contributed by atoms with Gasteiger partial charge in [0.1, 0.15) is 24.7 Å². The van der Waals surface area contributed by atoms with Gasteiger partial charge < -0.3 is 14.4 Å². The van der Waals surface area contributed by atoms with Gasteiger partial charge in [-0.2, -0.15) is 18.4 Å². The summed E-state index contributed by atoms with van der Waals surface area (Å²) in [7, 11) is 1.56. The van der Waals surface area contributed by atoms with Gasteiger partial charge in [0.05, 0.1) is 17.3 Å². The Morgan fingerprint density at radius 1 is 1.00 bits per heavy atom. The molecule has 0 aliphatic carbocycles. The lowest BCUT2D eigenvalue weighted by molar-refractivity contribution is -0.141. The maximum atomic E-state index is 13.4. The molecule has 1 amide bonds. The zero-order chi connectivity index (χ0) is 28.0. The number of nitrogens with zero attached hydrogens (tertiary/aromatic N) is 4. The molecule has 4 aromatic rings. The fraction of sp³-hybridized carbons (Fsp3) is 0.143. The Morgan fingerprint density at radius 3 is 2.46 bits per heavy atom. The topological polar surface area (TPSA) is 88.3 Å². The second-order valence-corrected chi connectivity index (χ2v) is 8.52. The van der Waals surface area contributed by atoms with Crippen LogP contribution in [0, 0.1) is 11.3 Å². The molecule has 0 saturated heterocycles. The molecule has 39 heavy (non-hydrogen) atoms. The zero-order valence-corrected chi connectivity index (χ0v) is 21.2. The van der Waals surface area contributed by atoms with E-state index in [1.165, 1.54) is 23.1 Å². The molecule has 0 atom stereocenters. The first-order valence-electron chi connectivity index (χ1n) is 11.5. The van der Waals surface area contributed by atoms with E-state index in [1.54, 1.807) is 61.8 Å². The molecule has 2 aromatic carbocycles. The van der Waals surface area contributed by atoms with E-state index in [0.717, 1.165) is 6.20 Å². The second kappa shape index (κ2) is 11.8. The molecule has 198 valence electrons. The van der Waals surface area contributed by atoms with Crippen LogP contribution in [-0.4, -0.2) is 36.1 Å². The van der Waals surface area contributed by atoms with Crippen molar-refractivity contribution in [1.82, 2.24) is 9.97 Å². The lowest BCUT2D eigenvalue weighted by Crippen LogP contribution is -2.27. The second-order valence-electron chi connectivity index (χ2n) is 8.12. The van der Waals surface area contributed by atoms with E-state index in [-0.39, 0.29) is 40.5 Å². The SMILES string of the molecule is CN(C(=O)c1ccc(Cl)c(-c2cnc(C(F)(F)F)cc2C#N)c1)c1ccccc1OCCOc1ccccn1. The molecule has 0 bridgehead atoms. The van der Waals surface area contributed by atoms with Crippen molar-refractivity contribution in [3.05, 3.63) is 101 Å². The smallest absolute Gasteiger partial charge is 0.433 e. The maximum Gasteiger partial charge on any atom is 0.433 e. The van der Waals surface area contributed by atoms with E-state index in [2.05, 4.69) is 9.97 Å². The van der Waals surface area contributed by atoms with Gasteiger partial charge in [-0.05, 0) is 42.5 Å². The molecule has 0 spiro atoms. The molecule has 11 heteroatoms. The molecular formula is C28H20ClF3N4O3. The van der Waals surface area contributed by atoms with Crippen LogP contribution in [0.15, 0.2) is 79.1 Å². The lowest BCUT2D eigenvalue weighted by Gasteiger charge is -2.21. The Morgan fingerprint density at radius 2 is 1.74 bits per heavy atom. The Balaban J connectivity index is 1.55. The van der Waals surface area contributed by atoms with E-state index in [4.69, 9.17) is 21.1 Å². The Bertz CT molecular complexity index is 1520. The Hall–Kier alpha value is -4.62. The Kier molecular flexibility index (Phi) is 8.32. The van der Waals surface area contributed by atoms with E-state index < -0.39 is 17.8 Å². The number of carbonyl (C=O) groups excluding carboxylic acids is 1. The van der Waals surface area contributed by atoms with E-state index in [9.17, 15) is 23.2 Å². The molecule has 4 rings (SSSR count). The van der Waals surface area contributed by atoms with Crippen LogP contribution >= 0.6 is 11.6 Å². The summed E-state index contributed by atoms with van der Waals surface area (Å²) in [6.07, 6.45) is -2.17. The number of pyridine rings is 2. The van der Waals surface area contributed by atoms with Crippen molar-refractivity contribution < 1.29 is 27.4 Å². The molecule has 0 unspecified atom stereocenters. The average Bonchev–Trinajstić information content (AvgIpc) is 2.95. The molecule has 2 heterocycles. The van der Waals surface area contributed by atoms with E-state index in [0.29, 0.717) is 23.4 Å². The molecule has 0 fully saturated rings. The van der Waals surface area contributed by atoms with Crippen molar-refractivity contribution >= 4 is 23.2 Å². The summed E-state index contributed by atoms with van der Waals surface area (Å²) in [5.74, 6) is 0.459. The maximum absolute atomic E-state index is 13.4. The summed E-state index contributed by atoms with van der Waals surface area (Å²) in [5.41, 5.74) is -0.536. The first-order valence-corrected chi connectivity index (χ1v) is 11.9. The van der Waals surface area contributed by atoms with Gasteiger partial charge in [-0.15, -0.1) is 0 Å². The van der Waals surface area contributed by atoms with Crippen LogP contribution in [0.25, 0.3) is 11.1 Å². The first-order chi connectivity index (χ1) is 18.7. The highest BCUT2D eigenvalue weighted by Crippen LogP contribution is 2.35. The zero-order valence-electron chi connectivity index (χ0n) is 20.4. The van der Waals surface area contributed by atoms with E-state index >= 15 is 0 Å². The number of halogens is 4. The predicted molar refractivity (Wildman–Crippen MR) is 139 cm³/mol. The molecule has 0 N–H and O–H groups in total. The third kappa shape index (κ3) is 6.45. The minimum absolute atomic E-state index is 0.0736.